The van der Waals surface area contributed by atoms with Crippen LogP contribution in [-0.2, 0) is 4.79 Å². The number of nitrogens with one attached hydrogen (secondary N) is 1. The first-order valence-corrected chi connectivity index (χ1v) is 7.81. The first-order valence-electron chi connectivity index (χ1n) is 7.81. The van der Waals surface area contributed by atoms with Gasteiger partial charge in [-0.05, 0) is 42.3 Å². The van der Waals surface area contributed by atoms with E-state index in [4.69, 9.17) is 14.2 Å². The van der Waals surface area contributed by atoms with Crippen LogP contribution < -0.4 is 19.5 Å². The average Bonchev–Trinajstić information content (AvgIpc) is 2.65. The number of carbonyl (C=O) groups is 2. The molecule has 2 aromatic rings. The van der Waals surface area contributed by atoms with E-state index in [1.165, 1.54) is 27.4 Å². The van der Waals surface area contributed by atoms with Crippen molar-refractivity contribution in [2.75, 3.05) is 21.3 Å². The zero-order chi connectivity index (χ0) is 19.3. The van der Waals surface area contributed by atoms with Gasteiger partial charge in [-0.2, -0.15) is 0 Å². The number of carbonyl (C=O) groups excluding carboxylic acids is 1. The zero-order valence-electron chi connectivity index (χ0n) is 15.0. The van der Waals surface area contributed by atoms with Crippen LogP contribution in [0.2, 0.25) is 0 Å². The molecule has 0 heterocycles. The third-order valence-electron chi connectivity index (χ3n) is 3.95. The number of methoxy groups -OCH3 is 3. The van der Waals surface area contributed by atoms with Crippen LogP contribution in [0.15, 0.2) is 36.4 Å². The summed E-state index contributed by atoms with van der Waals surface area (Å²) >= 11 is 0. The van der Waals surface area contributed by atoms with Gasteiger partial charge in [0.2, 0.25) is 0 Å². The average molecular weight is 359 g/mol. The second kappa shape index (κ2) is 8.24. The molecule has 138 valence electrons. The molecule has 0 bridgehead atoms. The molecular weight excluding hydrogens is 338 g/mol. The maximum absolute atomic E-state index is 12.6. The fraction of sp³-hybridized carbons (Fsp3) is 0.263. The Morgan fingerprint density at radius 3 is 2.04 bits per heavy atom. The van der Waals surface area contributed by atoms with E-state index in [1.807, 2.05) is 0 Å². The van der Waals surface area contributed by atoms with Crippen LogP contribution in [-0.4, -0.2) is 38.3 Å². The van der Waals surface area contributed by atoms with Gasteiger partial charge in [0.1, 0.15) is 5.75 Å². The summed E-state index contributed by atoms with van der Waals surface area (Å²) in [6.45, 7) is 1.74. The number of rotatable bonds is 7. The lowest BCUT2D eigenvalue weighted by molar-refractivity contribution is -0.139. The van der Waals surface area contributed by atoms with Gasteiger partial charge < -0.3 is 24.6 Å². The maximum Gasteiger partial charge on any atom is 0.330 e. The molecule has 1 atom stereocenters. The van der Waals surface area contributed by atoms with E-state index >= 15 is 0 Å². The van der Waals surface area contributed by atoms with Gasteiger partial charge in [-0.25, -0.2) is 4.79 Å². The predicted molar refractivity (Wildman–Crippen MR) is 95.1 cm³/mol. The summed E-state index contributed by atoms with van der Waals surface area (Å²) < 4.78 is 15.5. The van der Waals surface area contributed by atoms with E-state index in [2.05, 4.69) is 5.32 Å². The molecule has 0 spiro atoms. The molecule has 0 aromatic heterocycles. The number of aliphatic carboxylic acids is 1. The second-order valence-electron chi connectivity index (χ2n) is 5.54. The summed E-state index contributed by atoms with van der Waals surface area (Å²) in [7, 11) is 4.48. The first kappa shape index (κ1) is 19.1. The van der Waals surface area contributed by atoms with E-state index in [1.54, 1.807) is 37.3 Å². The monoisotopic (exact) mass is 359 g/mol. The Labute approximate surface area is 151 Å². The molecule has 0 aliphatic carbocycles. The summed E-state index contributed by atoms with van der Waals surface area (Å²) in [5.74, 6) is -0.209. The van der Waals surface area contributed by atoms with E-state index < -0.39 is 17.9 Å². The minimum Gasteiger partial charge on any atom is -0.497 e. The van der Waals surface area contributed by atoms with Crippen molar-refractivity contribution >= 4 is 11.9 Å². The molecule has 0 saturated carbocycles. The van der Waals surface area contributed by atoms with E-state index in [0.717, 1.165) is 0 Å². The summed E-state index contributed by atoms with van der Waals surface area (Å²) in [5, 5.41) is 12.1. The van der Waals surface area contributed by atoms with Crippen LogP contribution in [0.1, 0.15) is 27.5 Å². The fourth-order valence-electron chi connectivity index (χ4n) is 2.52. The third-order valence-corrected chi connectivity index (χ3v) is 3.95. The number of ether oxygens (including phenoxy) is 3. The SMILES string of the molecule is COc1ccc(C(NC(=O)c2cc(OC)c(OC)cc2C)C(=O)O)cc1. The van der Waals surface area contributed by atoms with Crippen LogP contribution in [0.5, 0.6) is 17.2 Å². The number of amides is 1. The number of carboxylic acids is 1. The molecule has 0 saturated heterocycles. The number of benzene rings is 2. The van der Waals surface area contributed by atoms with Crippen LogP contribution >= 0.6 is 0 Å². The van der Waals surface area contributed by atoms with E-state index in [-0.39, 0.29) is 0 Å². The Bertz CT molecular complexity index is 800. The highest BCUT2D eigenvalue weighted by Gasteiger charge is 2.24. The minimum absolute atomic E-state index is 0.308. The number of aryl methyl sites for hydroxylation is 1. The molecule has 2 aromatic carbocycles. The summed E-state index contributed by atoms with van der Waals surface area (Å²) in [5.41, 5.74) is 1.38. The van der Waals surface area contributed by atoms with Gasteiger partial charge in [-0.3, -0.25) is 4.79 Å². The fourth-order valence-corrected chi connectivity index (χ4v) is 2.52. The molecule has 7 heteroatoms. The molecule has 0 aliphatic rings. The second-order valence-corrected chi connectivity index (χ2v) is 5.54. The Morgan fingerprint density at radius 2 is 1.54 bits per heavy atom. The molecule has 1 amide bonds. The molecule has 0 aliphatic heterocycles. The number of hydrogen-bond donors (Lipinski definition) is 2. The van der Waals surface area contributed by atoms with Crippen LogP contribution in [0, 0.1) is 6.92 Å². The summed E-state index contributed by atoms with van der Waals surface area (Å²) in [4.78, 5) is 24.3. The highest BCUT2D eigenvalue weighted by atomic mass is 16.5. The molecule has 26 heavy (non-hydrogen) atoms. The van der Waals surface area contributed by atoms with Crippen LogP contribution in [0.4, 0.5) is 0 Å². The van der Waals surface area contributed by atoms with Crippen LogP contribution in [0.25, 0.3) is 0 Å². The Kier molecular flexibility index (Phi) is 6.06. The largest absolute Gasteiger partial charge is 0.497 e. The van der Waals surface area contributed by atoms with Gasteiger partial charge in [0.05, 0.1) is 21.3 Å². The van der Waals surface area contributed by atoms with Gasteiger partial charge in [-0.15, -0.1) is 0 Å². The molecule has 0 radical (unpaired) electrons. The molecule has 2 rings (SSSR count). The van der Waals surface area contributed by atoms with Gasteiger partial charge in [0.15, 0.2) is 17.5 Å². The van der Waals surface area contributed by atoms with Crippen molar-refractivity contribution < 1.29 is 28.9 Å². The lowest BCUT2D eigenvalue weighted by Gasteiger charge is -2.17. The van der Waals surface area contributed by atoms with Gasteiger partial charge in [-0.1, -0.05) is 12.1 Å². The third kappa shape index (κ3) is 4.05. The Hall–Kier alpha value is -3.22. The number of hydrogen-bond acceptors (Lipinski definition) is 5. The van der Waals surface area contributed by atoms with Gasteiger partial charge in [0, 0.05) is 5.56 Å². The van der Waals surface area contributed by atoms with Gasteiger partial charge in [0.25, 0.3) is 5.91 Å². The predicted octanol–water partition coefficient (Wildman–Crippen LogP) is 2.58. The van der Waals surface area contributed by atoms with Crippen molar-refractivity contribution in [3.8, 4) is 17.2 Å². The van der Waals surface area contributed by atoms with Crippen molar-refractivity contribution in [2.45, 2.75) is 13.0 Å². The quantitative estimate of drug-likeness (QED) is 0.789. The summed E-state index contributed by atoms with van der Waals surface area (Å²) in [6.07, 6.45) is 0. The van der Waals surface area contributed by atoms with E-state index in [9.17, 15) is 14.7 Å². The normalized spacial score (nSPS) is 11.4. The van der Waals surface area contributed by atoms with Crippen molar-refractivity contribution in [2.24, 2.45) is 0 Å². The van der Waals surface area contributed by atoms with E-state index in [0.29, 0.717) is 33.9 Å². The molecular formula is C19H21NO6. The highest BCUT2D eigenvalue weighted by Crippen LogP contribution is 2.30. The van der Waals surface area contributed by atoms with Crippen molar-refractivity contribution in [1.82, 2.24) is 5.32 Å². The van der Waals surface area contributed by atoms with Crippen LogP contribution in [0.3, 0.4) is 0 Å². The highest BCUT2D eigenvalue weighted by molar-refractivity contribution is 5.98. The Balaban J connectivity index is 2.31. The molecule has 2 N–H and O–H groups in total. The lowest BCUT2D eigenvalue weighted by atomic mass is 10.0. The topological polar surface area (TPSA) is 94.1 Å². The van der Waals surface area contributed by atoms with Crippen molar-refractivity contribution in [3.05, 3.63) is 53.1 Å². The standard InChI is InChI=1S/C19H21NO6/c1-11-9-15(25-3)16(26-4)10-14(11)18(21)20-17(19(22)23)12-5-7-13(24-2)8-6-12/h5-10,17H,1-4H3,(H,20,21)(H,22,23). The lowest BCUT2D eigenvalue weighted by Crippen LogP contribution is -2.34. The minimum atomic E-state index is -1.19. The first-order chi connectivity index (χ1) is 12.4. The summed E-state index contributed by atoms with van der Waals surface area (Å²) in [6, 6.07) is 8.46. The molecule has 1 unspecified atom stereocenters. The molecule has 7 nitrogen and oxygen atoms in total. The van der Waals surface area contributed by atoms with Gasteiger partial charge >= 0.3 is 5.97 Å². The van der Waals surface area contributed by atoms with Crippen molar-refractivity contribution in [3.63, 3.8) is 0 Å². The van der Waals surface area contributed by atoms with Crippen molar-refractivity contribution in [1.29, 1.82) is 0 Å². The Morgan fingerprint density at radius 1 is 0.962 bits per heavy atom. The number of carboxylic acid groups (broad SMARTS) is 1. The smallest absolute Gasteiger partial charge is 0.330 e. The zero-order valence-corrected chi connectivity index (χ0v) is 15.0. The molecule has 0 fully saturated rings. The maximum atomic E-state index is 12.6.